The number of H-pyrrole nitrogens is 2. The highest BCUT2D eigenvalue weighted by molar-refractivity contribution is 5.93. The molecule has 0 aliphatic carbocycles. The van der Waals surface area contributed by atoms with Gasteiger partial charge >= 0.3 is 12.2 Å². The third-order valence-electron chi connectivity index (χ3n) is 15.7. The number of amides is 4. The summed E-state index contributed by atoms with van der Waals surface area (Å²) in [7, 11) is 5.85. The van der Waals surface area contributed by atoms with Crippen LogP contribution in [-0.4, -0.2) is 138 Å². The first-order valence-electron chi connectivity index (χ1n) is 25.9. The molecule has 0 saturated carbocycles. The maximum Gasteiger partial charge on any atom is 0.407 e. The van der Waals surface area contributed by atoms with E-state index in [1.54, 1.807) is 20.4 Å². The zero-order valence-electron chi connectivity index (χ0n) is 42.6. The first kappa shape index (κ1) is 49.6. The molecule has 0 spiro atoms. The molecule has 20 heteroatoms. The number of carbonyl (C=O) groups excluding carboxylic acids is 4. The smallest absolute Gasteiger partial charge is 0.407 e. The lowest BCUT2D eigenvalue weighted by Crippen LogP contribution is -2.53. The van der Waals surface area contributed by atoms with E-state index >= 15 is 0 Å². The van der Waals surface area contributed by atoms with E-state index in [-0.39, 0.29) is 35.7 Å². The van der Waals surface area contributed by atoms with Crippen molar-refractivity contribution in [2.24, 2.45) is 11.8 Å². The maximum atomic E-state index is 14.3. The molecule has 394 valence electrons. The van der Waals surface area contributed by atoms with Crippen LogP contribution in [-0.2, 0) is 28.5 Å². The van der Waals surface area contributed by atoms with Gasteiger partial charge in [0.1, 0.15) is 41.0 Å². The van der Waals surface area contributed by atoms with Gasteiger partial charge < -0.3 is 68.1 Å². The lowest BCUT2D eigenvalue weighted by Gasteiger charge is -2.34. The lowest BCUT2D eigenvalue weighted by molar-refractivity contribution is -0.137. The molecule has 4 N–H and O–H groups in total. The number of carbonyl (C=O) groups is 4. The minimum atomic E-state index is -0.736. The number of alkyl carbamates (subject to hydrolysis) is 2. The van der Waals surface area contributed by atoms with Gasteiger partial charge in [-0.3, -0.25) is 9.59 Å². The zero-order chi connectivity index (χ0) is 51.7. The molecule has 6 aromatic rings. The Hall–Kier alpha value is -7.58. The molecular weight excluding hydrogens is 963 g/mol. The molecule has 5 aliphatic heterocycles. The Morgan fingerprint density at radius 1 is 0.640 bits per heavy atom. The van der Waals surface area contributed by atoms with Crippen molar-refractivity contribution in [1.82, 2.24) is 44.9 Å². The van der Waals surface area contributed by atoms with Crippen LogP contribution in [0.4, 0.5) is 9.59 Å². The molecule has 11 rings (SSSR count). The molecule has 3 aromatic carbocycles. The third kappa shape index (κ3) is 9.72. The molecule has 5 aliphatic rings. The number of aromatic nitrogens is 5. The van der Waals surface area contributed by atoms with E-state index in [0.717, 1.165) is 75.9 Å². The second-order valence-electron chi connectivity index (χ2n) is 19.9. The summed E-state index contributed by atoms with van der Waals surface area (Å²) < 4.78 is 41.7. The van der Waals surface area contributed by atoms with Crippen LogP contribution in [0.3, 0.4) is 0 Å². The van der Waals surface area contributed by atoms with Gasteiger partial charge in [0.2, 0.25) is 18.0 Å². The topological polar surface area (TPSA) is 226 Å². The predicted molar refractivity (Wildman–Crippen MR) is 274 cm³/mol. The quantitative estimate of drug-likeness (QED) is 0.0872. The highest BCUT2D eigenvalue weighted by Crippen LogP contribution is 2.47. The second-order valence-corrected chi connectivity index (χ2v) is 19.9. The Morgan fingerprint density at radius 2 is 1.16 bits per heavy atom. The van der Waals surface area contributed by atoms with Gasteiger partial charge in [0.05, 0.1) is 75.5 Å². The van der Waals surface area contributed by atoms with Crippen molar-refractivity contribution in [3.63, 3.8) is 0 Å². The van der Waals surface area contributed by atoms with Crippen molar-refractivity contribution in [1.29, 1.82) is 0 Å². The number of imidazole rings is 2. The standard InChI is InChI=1S/C55H63N9O11/c1-69-37-24-36(25-38(28-37)70-2)53-64-42-12-10-33(40-29-56-49(58-40)43-7-5-17-62(43)51(65)47(60-54(67)71-3)31-13-19-73-20-14-31)23-35(42)26-45(64)39-11-9-34(27-46(39)75-53)41-30-57-50(59-41)44-8-6-18-63(44)52(66)48(61-55(68)72-4)32-15-21-74-22-16-32/h9-12,23-32,43-44,47-48,53H,5-8,13-22H2,1-4H3,(H,56,58)(H,57,59)(H,60,67)(H,61,68)/t43-,44?,47?,48-,53?/m0/s1. The van der Waals surface area contributed by atoms with Crippen molar-refractivity contribution >= 4 is 34.9 Å². The number of nitrogens with one attached hydrogen (secondary N) is 4. The first-order chi connectivity index (χ1) is 36.6. The lowest BCUT2D eigenvalue weighted by atomic mass is 9.90. The Bertz CT molecular complexity index is 3060. The third-order valence-corrected chi connectivity index (χ3v) is 15.7. The number of aromatic amines is 2. The van der Waals surface area contributed by atoms with Gasteiger partial charge in [-0.2, -0.15) is 0 Å². The average molecular weight is 1030 g/mol. The summed E-state index contributed by atoms with van der Waals surface area (Å²) in [6.07, 6.45) is 7.42. The predicted octanol–water partition coefficient (Wildman–Crippen LogP) is 7.67. The van der Waals surface area contributed by atoms with Crippen LogP contribution < -0.4 is 24.8 Å². The van der Waals surface area contributed by atoms with Gasteiger partial charge in [-0.1, -0.05) is 12.1 Å². The van der Waals surface area contributed by atoms with Crippen molar-refractivity contribution < 1.29 is 52.3 Å². The summed E-state index contributed by atoms with van der Waals surface area (Å²) in [4.78, 5) is 73.9. The summed E-state index contributed by atoms with van der Waals surface area (Å²) >= 11 is 0. The molecule has 0 radical (unpaired) electrons. The zero-order valence-corrected chi connectivity index (χ0v) is 42.6. The molecular formula is C55H63N9O11. The van der Waals surface area contributed by atoms with Crippen LogP contribution in [0.15, 0.2) is 73.1 Å². The van der Waals surface area contributed by atoms with Gasteiger partial charge in [0.15, 0.2) is 0 Å². The molecule has 8 heterocycles. The average Bonchev–Trinajstić information content (AvgIpc) is 4.33. The Morgan fingerprint density at radius 3 is 1.68 bits per heavy atom. The Kier molecular flexibility index (Phi) is 14.1. The van der Waals surface area contributed by atoms with E-state index in [0.29, 0.717) is 94.1 Å². The number of likely N-dealkylation sites (tertiary alicyclic amines) is 2. The molecule has 3 unspecified atom stereocenters. The molecule has 0 bridgehead atoms. The molecule has 3 aromatic heterocycles. The highest BCUT2D eigenvalue weighted by Gasteiger charge is 2.42. The maximum absolute atomic E-state index is 14.3. The SMILES string of the molecule is COC(=O)NC(C(=O)N1CCC[C@H]1c1ncc(-c2ccc3c(c2)cc2n3C(c3cc(OC)cc(OC)c3)Oc3cc(-c4cnc(C5CCCN5C(=O)[C@@H](NC(=O)OC)C5CCOCC5)[nH]4)ccc3-2)[nH]1)C1CCOCC1. The summed E-state index contributed by atoms with van der Waals surface area (Å²) in [6.45, 7) is 3.23. The summed E-state index contributed by atoms with van der Waals surface area (Å²) in [5.41, 5.74) is 6.92. The highest BCUT2D eigenvalue weighted by atomic mass is 16.5. The first-order valence-corrected chi connectivity index (χ1v) is 25.9. The van der Waals surface area contributed by atoms with Crippen LogP contribution >= 0.6 is 0 Å². The van der Waals surface area contributed by atoms with E-state index in [9.17, 15) is 19.2 Å². The van der Waals surface area contributed by atoms with E-state index in [1.165, 1.54) is 14.2 Å². The largest absolute Gasteiger partial charge is 0.497 e. The van der Waals surface area contributed by atoms with E-state index < -0.39 is 30.5 Å². The molecule has 20 nitrogen and oxygen atoms in total. The van der Waals surface area contributed by atoms with Crippen molar-refractivity contribution in [3.05, 3.63) is 90.3 Å². The fourth-order valence-corrected chi connectivity index (χ4v) is 11.7. The summed E-state index contributed by atoms with van der Waals surface area (Å²) in [6, 6.07) is 18.3. The molecule has 4 amide bonds. The van der Waals surface area contributed by atoms with Crippen LogP contribution in [0, 0.1) is 11.8 Å². The van der Waals surface area contributed by atoms with E-state index in [4.69, 9.17) is 43.1 Å². The fraction of sp³-hybridized carbons (Fsp3) is 0.455. The Labute approximate surface area is 433 Å². The summed E-state index contributed by atoms with van der Waals surface area (Å²) in [5, 5.41) is 6.64. The molecule has 75 heavy (non-hydrogen) atoms. The molecule has 5 atom stereocenters. The number of benzene rings is 3. The van der Waals surface area contributed by atoms with Gasteiger partial charge in [-0.05, 0) is 106 Å². The summed E-state index contributed by atoms with van der Waals surface area (Å²) in [5.74, 6) is 2.82. The number of nitrogens with zero attached hydrogens (tertiary/aromatic N) is 5. The van der Waals surface area contributed by atoms with Gasteiger partial charge in [0.25, 0.3) is 0 Å². The monoisotopic (exact) mass is 1030 g/mol. The van der Waals surface area contributed by atoms with Gasteiger partial charge in [-0.25, -0.2) is 19.6 Å². The number of rotatable bonds is 13. The fourth-order valence-electron chi connectivity index (χ4n) is 11.7. The minimum Gasteiger partial charge on any atom is -0.497 e. The van der Waals surface area contributed by atoms with Gasteiger partial charge in [-0.15, -0.1) is 0 Å². The molecule has 4 fully saturated rings. The van der Waals surface area contributed by atoms with Crippen molar-refractivity contribution in [3.8, 4) is 51.0 Å². The number of fused-ring (bicyclic) bond motifs is 5. The Balaban J connectivity index is 0.893. The van der Waals surface area contributed by atoms with Gasteiger partial charge in [0, 0.05) is 73.2 Å². The second kappa shape index (κ2) is 21.3. The van der Waals surface area contributed by atoms with E-state index in [1.807, 2.05) is 46.3 Å². The van der Waals surface area contributed by atoms with Crippen LogP contribution in [0.25, 0.3) is 44.7 Å². The van der Waals surface area contributed by atoms with Crippen molar-refractivity contribution in [2.75, 3.05) is 68.0 Å². The van der Waals surface area contributed by atoms with Crippen molar-refractivity contribution in [2.45, 2.75) is 81.8 Å². The number of hydrogen-bond acceptors (Lipinski definition) is 13. The number of ether oxygens (including phenoxy) is 7. The normalized spacial score (nSPS) is 20.7. The minimum absolute atomic E-state index is 0.0667. The molecule has 4 saturated heterocycles. The number of hydrogen-bond donors (Lipinski definition) is 4. The van der Waals surface area contributed by atoms with Crippen LogP contribution in [0.5, 0.6) is 17.2 Å². The van der Waals surface area contributed by atoms with Crippen LogP contribution in [0.1, 0.15) is 86.9 Å². The number of methoxy groups -OCH3 is 4. The van der Waals surface area contributed by atoms with E-state index in [2.05, 4.69) is 55.5 Å². The van der Waals surface area contributed by atoms with Crippen LogP contribution in [0.2, 0.25) is 0 Å².